The highest BCUT2D eigenvalue weighted by molar-refractivity contribution is 5.28. The lowest BCUT2D eigenvalue weighted by Crippen LogP contribution is -2.26. The first-order chi connectivity index (χ1) is 9.83. The summed E-state index contributed by atoms with van der Waals surface area (Å²) in [7, 11) is 0. The molecule has 20 heavy (non-hydrogen) atoms. The standard InChI is InChI=1S/C15H19N5/c1-10(15-19-18-13-5-3-9-20(13)15)17-12-7-6-11-4-2-8-16-14(11)12/h2,4,8,10,12,17H,3,5-7,9H2,1H3. The summed E-state index contributed by atoms with van der Waals surface area (Å²) in [6, 6.07) is 4.77. The van der Waals surface area contributed by atoms with Crippen LogP contribution in [-0.4, -0.2) is 19.7 Å². The molecule has 5 heteroatoms. The van der Waals surface area contributed by atoms with Crippen LogP contribution in [0.2, 0.25) is 0 Å². The van der Waals surface area contributed by atoms with Crippen molar-refractivity contribution in [2.75, 3.05) is 0 Å². The zero-order valence-corrected chi connectivity index (χ0v) is 11.7. The molecule has 0 saturated carbocycles. The van der Waals surface area contributed by atoms with E-state index in [-0.39, 0.29) is 6.04 Å². The summed E-state index contributed by atoms with van der Waals surface area (Å²) in [6.45, 7) is 3.24. The molecule has 1 aliphatic heterocycles. The number of fused-ring (bicyclic) bond motifs is 2. The second kappa shape index (κ2) is 4.66. The van der Waals surface area contributed by atoms with Crippen molar-refractivity contribution >= 4 is 0 Å². The highest BCUT2D eigenvalue weighted by Gasteiger charge is 2.27. The van der Waals surface area contributed by atoms with E-state index in [0.717, 1.165) is 37.5 Å². The fourth-order valence-electron chi connectivity index (χ4n) is 3.44. The summed E-state index contributed by atoms with van der Waals surface area (Å²) >= 11 is 0. The van der Waals surface area contributed by atoms with Crippen LogP contribution < -0.4 is 5.32 Å². The Bertz CT molecular complexity index is 633. The van der Waals surface area contributed by atoms with Gasteiger partial charge in [0, 0.05) is 19.2 Å². The Labute approximate surface area is 118 Å². The number of pyridine rings is 1. The summed E-state index contributed by atoms with van der Waals surface area (Å²) in [5.74, 6) is 2.21. The minimum Gasteiger partial charge on any atom is -0.314 e. The van der Waals surface area contributed by atoms with Crippen molar-refractivity contribution in [3.8, 4) is 0 Å². The molecule has 2 aliphatic rings. The number of rotatable bonds is 3. The second-order valence-electron chi connectivity index (χ2n) is 5.76. The van der Waals surface area contributed by atoms with E-state index in [1.165, 1.54) is 17.7 Å². The molecule has 0 spiro atoms. The van der Waals surface area contributed by atoms with Gasteiger partial charge in [0.25, 0.3) is 0 Å². The number of aryl methyl sites for hydroxylation is 2. The molecule has 3 heterocycles. The van der Waals surface area contributed by atoms with Gasteiger partial charge in [0.1, 0.15) is 11.6 Å². The van der Waals surface area contributed by atoms with Gasteiger partial charge in [0.05, 0.1) is 17.8 Å². The van der Waals surface area contributed by atoms with E-state index < -0.39 is 0 Å². The topological polar surface area (TPSA) is 55.6 Å². The predicted octanol–water partition coefficient (Wildman–Crippen LogP) is 1.96. The molecule has 0 fully saturated rings. The van der Waals surface area contributed by atoms with Gasteiger partial charge in [-0.2, -0.15) is 0 Å². The van der Waals surface area contributed by atoms with Crippen LogP contribution in [0.25, 0.3) is 0 Å². The molecule has 2 atom stereocenters. The molecule has 0 aromatic carbocycles. The SMILES string of the molecule is CC(NC1CCc2cccnc21)c1nnc2n1CCC2. The molecule has 1 N–H and O–H groups in total. The molecule has 104 valence electrons. The summed E-state index contributed by atoms with van der Waals surface area (Å²) in [5, 5.41) is 12.3. The van der Waals surface area contributed by atoms with Crippen LogP contribution in [0, 0.1) is 0 Å². The zero-order chi connectivity index (χ0) is 13.5. The number of nitrogens with one attached hydrogen (secondary N) is 1. The van der Waals surface area contributed by atoms with E-state index in [0.29, 0.717) is 6.04 Å². The molecule has 0 radical (unpaired) electrons. The zero-order valence-electron chi connectivity index (χ0n) is 11.7. The molecule has 0 bridgehead atoms. The van der Waals surface area contributed by atoms with Crippen LogP contribution in [-0.2, 0) is 19.4 Å². The maximum atomic E-state index is 4.54. The first kappa shape index (κ1) is 12.0. The third-order valence-electron chi connectivity index (χ3n) is 4.44. The lowest BCUT2D eigenvalue weighted by Gasteiger charge is -2.19. The average molecular weight is 269 g/mol. The minimum atomic E-state index is 0.215. The Balaban J connectivity index is 1.55. The van der Waals surface area contributed by atoms with Gasteiger partial charge in [-0.05, 0) is 37.8 Å². The Morgan fingerprint density at radius 2 is 2.30 bits per heavy atom. The van der Waals surface area contributed by atoms with E-state index >= 15 is 0 Å². The molecule has 2 unspecified atom stereocenters. The van der Waals surface area contributed by atoms with Gasteiger partial charge >= 0.3 is 0 Å². The van der Waals surface area contributed by atoms with Crippen molar-refractivity contribution in [3.05, 3.63) is 41.2 Å². The normalized spacial score (nSPS) is 21.8. The maximum Gasteiger partial charge on any atom is 0.149 e. The van der Waals surface area contributed by atoms with Crippen LogP contribution in [0.15, 0.2) is 18.3 Å². The quantitative estimate of drug-likeness (QED) is 0.925. The lowest BCUT2D eigenvalue weighted by molar-refractivity contribution is 0.432. The number of hydrogen-bond donors (Lipinski definition) is 1. The first-order valence-electron chi connectivity index (χ1n) is 7.45. The Morgan fingerprint density at radius 3 is 3.25 bits per heavy atom. The van der Waals surface area contributed by atoms with Gasteiger partial charge in [-0.1, -0.05) is 6.07 Å². The summed E-state index contributed by atoms with van der Waals surface area (Å²) in [5.41, 5.74) is 2.59. The second-order valence-corrected chi connectivity index (χ2v) is 5.76. The van der Waals surface area contributed by atoms with Gasteiger partial charge < -0.3 is 4.57 Å². The van der Waals surface area contributed by atoms with Crippen LogP contribution in [0.4, 0.5) is 0 Å². The molecule has 0 saturated heterocycles. The van der Waals surface area contributed by atoms with E-state index in [9.17, 15) is 0 Å². The van der Waals surface area contributed by atoms with Gasteiger partial charge in [-0.25, -0.2) is 0 Å². The minimum absolute atomic E-state index is 0.215. The van der Waals surface area contributed by atoms with E-state index in [1.54, 1.807) is 0 Å². The molecule has 1 aliphatic carbocycles. The highest BCUT2D eigenvalue weighted by atomic mass is 15.3. The molecule has 5 nitrogen and oxygen atoms in total. The van der Waals surface area contributed by atoms with Gasteiger partial charge in [0.2, 0.25) is 0 Å². The highest BCUT2D eigenvalue weighted by Crippen LogP contribution is 2.31. The Kier molecular flexibility index (Phi) is 2.80. The van der Waals surface area contributed by atoms with Crippen LogP contribution in [0.1, 0.15) is 54.8 Å². The van der Waals surface area contributed by atoms with Crippen molar-refractivity contribution in [3.63, 3.8) is 0 Å². The number of hydrogen-bond acceptors (Lipinski definition) is 4. The third-order valence-corrected chi connectivity index (χ3v) is 4.44. The predicted molar refractivity (Wildman–Crippen MR) is 75.2 cm³/mol. The monoisotopic (exact) mass is 269 g/mol. The summed E-state index contributed by atoms with van der Waals surface area (Å²) < 4.78 is 2.27. The number of nitrogens with zero attached hydrogens (tertiary/aromatic N) is 4. The van der Waals surface area contributed by atoms with Gasteiger partial charge in [-0.3, -0.25) is 10.3 Å². The summed E-state index contributed by atoms with van der Waals surface area (Å²) in [4.78, 5) is 4.54. The smallest absolute Gasteiger partial charge is 0.149 e. The first-order valence-corrected chi connectivity index (χ1v) is 7.45. The number of aromatic nitrogens is 4. The van der Waals surface area contributed by atoms with E-state index in [4.69, 9.17) is 0 Å². The summed E-state index contributed by atoms with van der Waals surface area (Å²) in [6.07, 6.45) is 6.38. The van der Waals surface area contributed by atoms with Gasteiger partial charge in [0.15, 0.2) is 0 Å². The van der Waals surface area contributed by atoms with Crippen LogP contribution in [0.3, 0.4) is 0 Å². The lowest BCUT2D eigenvalue weighted by atomic mass is 10.2. The molecule has 2 aromatic heterocycles. The Hall–Kier alpha value is -1.75. The van der Waals surface area contributed by atoms with Gasteiger partial charge in [-0.15, -0.1) is 10.2 Å². The molecule has 4 rings (SSSR count). The molecular weight excluding hydrogens is 250 g/mol. The molecule has 0 amide bonds. The van der Waals surface area contributed by atoms with Crippen molar-refractivity contribution < 1.29 is 0 Å². The third kappa shape index (κ3) is 1.85. The van der Waals surface area contributed by atoms with E-state index in [1.807, 2.05) is 12.3 Å². The van der Waals surface area contributed by atoms with Crippen molar-refractivity contribution in [1.29, 1.82) is 0 Å². The maximum absolute atomic E-state index is 4.54. The molecular formula is C15H19N5. The average Bonchev–Trinajstić information content (AvgIpc) is 3.13. The fourth-order valence-corrected chi connectivity index (χ4v) is 3.44. The van der Waals surface area contributed by atoms with Crippen LogP contribution in [0.5, 0.6) is 0 Å². The molecule has 2 aromatic rings. The largest absolute Gasteiger partial charge is 0.314 e. The van der Waals surface area contributed by atoms with Crippen LogP contribution >= 0.6 is 0 Å². The fraction of sp³-hybridized carbons (Fsp3) is 0.533. The Morgan fingerprint density at radius 1 is 1.35 bits per heavy atom. The van der Waals surface area contributed by atoms with Crippen molar-refractivity contribution in [2.45, 2.75) is 51.2 Å². The van der Waals surface area contributed by atoms with Crippen molar-refractivity contribution in [2.24, 2.45) is 0 Å². The van der Waals surface area contributed by atoms with Crippen molar-refractivity contribution in [1.82, 2.24) is 25.1 Å². The van der Waals surface area contributed by atoms with E-state index in [2.05, 4.69) is 38.1 Å².